The largest absolute Gasteiger partial charge is 0.349 e. The van der Waals surface area contributed by atoms with Crippen molar-refractivity contribution in [2.45, 2.75) is 24.0 Å². The zero-order valence-corrected chi connectivity index (χ0v) is 4.03. The molecule has 0 aromatic rings. The van der Waals surface area contributed by atoms with Crippen molar-refractivity contribution in [2.75, 3.05) is 0 Å². The van der Waals surface area contributed by atoms with Crippen LogP contribution in [0.25, 0.3) is 0 Å². The van der Waals surface area contributed by atoms with Crippen LogP contribution in [0.5, 0.6) is 0 Å². The minimum atomic E-state index is -0.139. The molecule has 1 saturated heterocycles. The Kier molecular flexibility index (Phi) is 0.345. The molecule has 0 radical (unpaired) electrons. The van der Waals surface area contributed by atoms with Crippen molar-refractivity contribution in [3.8, 4) is 0 Å². The van der Waals surface area contributed by atoms with Crippen molar-refractivity contribution in [1.29, 1.82) is 0 Å². The summed E-state index contributed by atoms with van der Waals surface area (Å²) in [4.78, 5) is 0. The van der Waals surface area contributed by atoms with E-state index in [9.17, 15) is 0 Å². The summed E-state index contributed by atoms with van der Waals surface area (Å²) in [7, 11) is 0. The average molecular weight is 105 g/mol. The molecule has 0 bridgehead atoms. The Hall–Kier alpha value is 0.250. The van der Waals surface area contributed by atoms with Crippen molar-refractivity contribution in [2.24, 2.45) is 0 Å². The molecule has 0 N–H and O–H groups in total. The number of alkyl halides is 1. The highest BCUT2D eigenvalue weighted by molar-refractivity contribution is 6.25. The lowest BCUT2D eigenvalue weighted by molar-refractivity contribution is 0.395. The Morgan fingerprint density at radius 2 is 2.50 bits per heavy atom. The first kappa shape index (κ1) is 3.28. The molecular formula is C4H5ClO. The van der Waals surface area contributed by atoms with Gasteiger partial charge in [-0.25, -0.2) is 0 Å². The van der Waals surface area contributed by atoms with Gasteiger partial charge in [0.25, 0.3) is 0 Å². The van der Waals surface area contributed by atoms with Crippen LogP contribution in [-0.4, -0.2) is 11.2 Å². The molecule has 6 heavy (non-hydrogen) atoms. The van der Waals surface area contributed by atoms with Gasteiger partial charge in [-0.05, 0) is 12.8 Å². The van der Waals surface area contributed by atoms with Crippen LogP contribution in [0.1, 0.15) is 12.8 Å². The van der Waals surface area contributed by atoms with Crippen LogP contribution >= 0.6 is 11.6 Å². The fourth-order valence-electron chi connectivity index (χ4n) is 0.809. The number of halogens is 1. The van der Waals surface area contributed by atoms with E-state index in [-0.39, 0.29) is 5.06 Å². The lowest BCUT2D eigenvalue weighted by Gasteiger charge is -2.08. The van der Waals surface area contributed by atoms with Crippen LogP contribution in [0.15, 0.2) is 0 Å². The van der Waals surface area contributed by atoms with Crippen LogP contribution in [0.3, 0.4) is 0 Å². The van der Waals surface area contributed by atoms with Crippen LogP contribution < -0.4 is 0 Å². The Bertz CT molecular complexity index is 89.5. The zero-order valence-electron chi connectivity index (χ0n) is 3.28. The SMILES string of the molecule is ClC12CCC1O2. The van der Waals surface area contributed by atoms with E-state index in [1.165, 1.54) is 6.42 Å². The maximum Gasteiger partial charge on any atom is 0.168 e. The molecular weight excluding hydrogens is 99.5 g/mol. The van der Waals surface area contributed by atoms with Crippen molar-refractivity contribution < 1.29 is 4.74 Å². The van der Waals surface area contributed by atoms with Gasteiger partial charge in [0.2, 0.25) is 0 Å². The first-order valence-electron chi connectivity index (χ1n) is 2.18. The van der Waals surface area contributed by atoms with E-state index in [1.807, 2.05) is 0 Å². The van der Waals surface area contributed by atoms with Crippen molar-refractivity contribution >= 4 is 11.6 Å². The minimum absolute atomic E-state index is 0.139. The molecule has 2 heteroatoms. The molecule has 34 valence electrons. The van der Waals surface area contributed by atoms with Crippen LogP contribution in [0, 0.1) is 0 Å². The third-order valence-corrected chi connectivity index (χ3v) is 2.03. The highest BCUT2D eigenvalue weighted by Gasteiger charge is 2.62. The highest BCUT2D eigenvalue weighted by atomic mass is 35.5. The molecule has 2 rings (SSSR count). The van der Waals surface area contributed by atoms with Crippen molar-refractivity contribution in [3.63, 3.8) is 0 Å². The summed E-state index contributed by atoms with van der Waals surface area (Å²) in [5.41, 5.74) is 0. The van der Waals surface area contributed by atoms with E-state index < -0.39 is 0 Å². The highest BCUT2D eigenvalue weighted by Crippen LogP contribution is 2.56. The fraction of sp³-hybridized carbons (Fsp3) is 1.00. The first-order valence-corrected chi connectivity index (χ1v) is 2.56. The summed E-state index contributed by atoms with van der Waals surface area (Å²) in [6.07, 6.45) is 2.70. The molecule has 1 aliphatic heterocycles. The van der Waals surface area contributed by atoms with Gasteiger partial charge in [-0.1, -0.05) is 11.6 Å². The van der Waals surface area contributed by atoms with Gasteiger partial charge in [0.15, 0.2) is 5.06 Å². The quantitative estimate of drug-likeness (QED) is 0.331. The summed E-state index contributed by atoms with van der Waals surface area (Å²) in [5, 5.41) is -0.139. The van der Waals surface area contributed by atoms with Crippen LogP contribution in [-0.2, 0) is 4.74 Å². The van der Waals surface area contributed by atoms with Gasteiger partial charge in [0.1, 0.15) is 6.10 Å². The summed E-state index contributed by atoms with van der Waals surface area (Å²) >= 11 is 5.66. The lowest BCUT2D eigenvalue weighted by Crippen LogP contribution is -2.16. The number of hydrogen-bond acceptors (Lipinski definition) is 1. The predicted molar refractivity (Wildman–Crippen MR) is 22.7 cm³/mol. The number of epoxide rings is 1. The molecule has 2 atom stereocenters. The molecule has 0 aromatic carbocycles. The average Bonchev–Trinajstić information content (AvgIpc) is 1.88. The number of rotatable bonds is 0. The maximum atomic E-state index is 5.66. The standard InChI is InChI=1S/C4H5ClO/c5-4-2-1-3(4)6-4/h3H,1-2H2. The number of ether oxygens (including phenoxy) is 1. The summed E-state index contributed by atoms with van der Waals surface area (Å²) < 4.78 is 4.98. The third kappa shape index (κ3) is 0.193. The van der Waals surface area contributed by atoms with Gasteiger partial charge < -0.3 is 4.74 Å². The van der Waals surface area contributed by atoms with E-state index in [4.69, 9.17) is 16.3 Å². The summed E-state index contributed by atoms with van der Waals surface area (Å²) in [6, 6.07) is 0. The van der Waals surface area contributed by atoms with E-state index in [0.29, 0.717) is 6.10 Å². The second-order valence-corrected chi connectivity index (χ2v) is 2.57. The van der Waals surface area contributed by atoms with Gasteiger partial charge in [-0.3, -0.25) is 0 Å². The lowest BCUT2D eigenvalue weighted by atomic mass is 10.0. The Balaban J connectivity index is 2.22. The molecule has 0 amide bonds. The molecule has 0 aromatic heterocycles. The molecule has 0 spiro atoms. The molecule has 1 nitrogen and oxygen atoms in total. The minimum Gasteiger partial charge on any atom is -0.349 e. The smallest absolute Gasteiger partial charge is 0.168 e. The van der Waals surface area contributed by atoms with Crippen molar-refractivity contribution in [1.82, 2.24) is 0 Å². The summed E-state index contributed by atoms with van der Waals surface area (Å²) in [5.74, 6) is 0. The predicted octanol–water partition coefficient (Wildman–Crippen LogP) is 1.11. The van der Waals surface area contributed by atoms with E-state index in [0.717, 1.165) is 6.42 Å². The first-order chi connectivity index (χ1) is 2.81. The molecule has 1 saturated carbocycles. The van der Waals surface area contributed by atoms with E-state index >= 15 is 0 Å². The van der Waals surface area contributed by atoms with Gasteiger partial charge in [0.05, 0.1) is 0 Å². The maximum absolute atomic E-state index is 5.66. The zero-order chi connectivity index (χ0) is 4.20. The Labute approximate surface area is 41.2 Å². The molecule has 2 aliphatic rings. The van der Waals surface area contributed by atoms with E-state index in [1.54, 1.807) is 0 Å². The van der Waals surface area contributed by atoms with Crippen LogP contribution in [0.4, 0.5) is 0 Å². The normalized spacial score (nSPS) is 62.5. The van der Waals surface area contributed by atoms with Gasteiger partial charge >= 0.3 is 0 Å². The second-order valence-electron chi connectivity index (χ2n) is 1.93. The van der Waals surface area contributed by atoms with Crippen molar-refractivity contribution in [3.05, 3.63) is 0 Å². The topological polar surface area (TPSA) is 12.5 Å². The molecule has 2 unspecified atom stereocenters. The monoisotopic (exact) mass is 104 g/mol. The second kappa shape index (κ2) is 0.632. The van der Waals surface area contributed by atoms with Gasteiger partial charge in [0, 0.05) is 0 Å². The number of hydrogen-bond donors (Lipinski definition) is 0. The Morgan fingerprint density at radius 1 is 1.83 bits per heavy atom. The molecule has 1 aliphatic carbocycles. The molecule has 2 fully saturated rings. The number of fused-ring (bicyclic) bond motifs is 1. The molecule has 1 heterocycles. The third-order valence-electron chi connectivity index (χ3n) is 1.51. The van der Waals surface area contributed by atoms with E-state index in [2.05, 4.69) is 0 Å². The van der Waals surface area contributed by atoms with Gasteiger partial charge in [-0.2, -0.15) is 0 Å². The summed E-state index contributed by atoms with van der Waals surface area (Å²) in [6.45, 7) is 0. The van der Waals surface area contributed by atoms with Gasteiger partial charge in [-0.15, -0.1) is 0 Å². The Morgan fingerprint density at radius 3 is 2.50 bits per heavy atom. The fourth-order valence-corrected chi connectivity index (χ4v) is 1.14. The van der Waals surface area contributed by atoms with Crippen LogP contribution in [0.2, 0.25) is 0 Å².